The number of ether oxygens (including phenoxy) is 2. The highest BCUT2D eigenvalue weighted by Crippen LogP contribution is 2.19. The van der Waals surface area contributed by atoms with Crippen molar-refractivity contribution in [2.75, 3.05) is 14.2 Å². The van der Waals surface area contributed by atoms with Crippen LogP contribution in [0.4, 0.5) is 0 Å². The number of hydroxylamine groups is 1. The molecule has 0 heterocycles. The van der Waals surface area contributed by atoms with E-state index in [4.69, 9.17) is 14.3 Å². The van der Waals surface area contributed by atoms with E-state index in [0.717, 1.165) is 22.6 Å². The first kappa shape index (κ1) is 15.4. The molecular weight excluding hydrogens is 266 g/mol. The summed E-state index contributed by atoms with van der Waals surface area (Å²) in [5, 5.41) is 0. The van der Waals surface area contributed by atoms with E-state index in [2.05, 4.69) is 5.48 Å². The zero-order valence-corrected chi connectivity index (χ0v) is 12.6. The van der Waals surface area contributed by atoms with Crippen LogP contribution < -0.4 is 15.0 Å². The molecule has 0 saturated carbocycles. The minimum Gasteiger partial charge on any atom is -0.497 e. The molecule has 112 valence electrons. The summed E-state index contributed by atoms with van der Waals surface area (Å²) in [6.07, 6.45) is 0. The van der Waals surface area contributed by atoms with Gasteiger partial charge in [0.05, 0.1) is 20.3 Å². The number of hydrogen-bond donors (Lipinski definition) is 1. The summed E-state index contributed by atoms with van der Waals surface area (Å²) in [6, 6.07) is 16.0. The monoisotopic (exact) mass is 287 g/mol. The molecule has 0 aromatic heterocycles. The van der Waals surface area contributed by atoms with Gasteiger partial charge in [0, 0.05) is 0 Å². The molecule has 2 aromatic rings. The van der Waals surface area contributed by atoms with Gasteiger partial charge in [0.25, 0.3) is 0 Å². The Bertz CT molecular complexity index is 554. The first-order valence-electron chi connectivity index (χ1n) is 6.87. The Kier molecular flexibility index (Phi) is 5.60. The molecule has 21 heavy (non-hydrogen) atoms. The number of benzene rings is 2. The third kappa shape index (κ3) is 4.48. The van der Waals surface area contributed by atoms with Crippen LogP contribution in [0.1, 0.15) is 24.1 Å². The van der Waals surface area contributed by atoms with Gasteiger partial charge >= 0.3 is 0 Å². The second kappa shape index (κ2) is 7.67. The molecular formula is C17H21NO3. The predicted molar refractivity (Wildman–Crippen MR) is 82.3 cm³/mol. The van der Waals surface area contributed by atoms with Gasteiger partial charge in [-0.05, 0) is 42.3 Å². The molecule has 1 N–H and O–H groups in total. The number of methoxy groups -OCH3 is 1. The molecule has 0 saturated heterocycles. The second-order valence-corrected chi connectivity index (χ2v) is 4.75. The van der Waals surface area contributed by atoms with Crippen LogP contribution in [0.15, 0.2) is 48.5 Å². The quantitative estimate of drug-likeness (QED) is 0.791. The highest BCUT2D eigenvalue weighted by molar-refractivity contribution is 5.31. The largest absolute Gasteiger partial charge is 0.497 e. The predicted octanol–water partition coefficient (Wildman–Crippen LogP) is 3.49. The third-order valence-corrected chi connectivity index (χ3v) is 3.21. The van der Waals surface area contributed by atoms with Crippen molar-refractivity contribution in [2.24, 2.45) is 0 Å². The van der Waals surface area contributed by atoms with Crippen LogP contribution in [0.3, 0.4) is 0 Å². The number of nitrogens with one attached hydrogen (secondary N) is 1. The first-order chi connectivity index (χ1) is 10.2. The Balaban J connectivity index is 1.94. The summed E-state index contributed by atoms with van der Waals surface area (Å²) in [4.78, 5) is 4.92. The van der Waals surface area contributed by atoms with E-state index in [9.17, 15) is 0 Å². The molecule has 0 fully saturated rings. The van der Waals surface area contributed by atoms with Crippen molar-refractivity contribution in [2.45, 2.75) is 19.6 Å². The van der Waals surface area contributed by atoms with E-state index in [0.29, 0.717) is 6.61 Å². The van der Waals surface area contributed by atoms with Crippen LogP contribution in [0.25, 0.3) is 0 Å². The van der Waals surface area contributed by atoms with E-state index in [-0.39, 0.29) is 6.04 Å². The smallest absolute Gasteiger partial charge is 0.119 e. The Hall–Kier alpha value is -2.04. The molecule has 4 nitrogen and oxygen atoms in total. The Morgan fingerprint density at radius 1 is 1.00 bits per heavy atom. The lowest BCUT2D eigenvalue weighted by atomic mass is 10.1. The SMILES string of the molecule is CONC(C)c1ccc(OCc2cccc(OC)c2)cc1. The minimum absolute atomic E-state index is 0.141. The molecule has 0 spiro atoms. The first-order valence-corrected chi connectivity index (χ1v) is 6.87. The fraction of sp³-hybridized carbons (Fsp3) is 0.294. The standard InChI is InChI=1S/C17H21NO3/c1-13(18-20-3)15-7-9-16(10-8-15)21-12-14-5-4-6-17(11-14)19-2/h4-11,13,18H,12H2,1-3H3. The van der Waals surface area contributed by atoms with Crippen LogP contribution in [-0.4, -0.2) is 14.2 Å². The minimum atomic E-state index is 0.141. The van der Waals surface area contributed by atoms with Gasteiger partial charge in [-0.15, -0.1) is 0 Å². The summed E-state index contributed by atoms with van der Waals surface area (Å²) in [5.41, 5.74) is 5.12. The van der Waals surface area contributed by atoms with Gasteiger partial charge in [-0.25, -0.2) is 0 Å². The molecule has 0 aliphatic heterocycles. The van der Waals surface area contributed by atoms with Gasteiger partial charge in [-0.2, -0.15) is 5.48 Å². The maximum atomic E-state index is 5.78. The zero-order valence-electron chi connectivity index (χ0n) is 12.6. The average molecular weight is 287 g/mol. The van der Waals surface area contributed by atoms with Crippen molar-refractivity contribution in [1.29, 1.82) is 0 Å². The highest BCUT2D eigenvalue weighted by atomic mass is 16.6. The lowest BCUT2D eigenvalue weighted by molar-refractivity contribution is 0.0658. The Morgan fingerprint density at radius 2 is 1.76 bits per heavy atom. The van der Waals surface area contributed by atoms with E-state index in [1.807, 2.05) is 55.5 Å². The van der Waals surface area contributed by atoms with Crippen molar-refractivity contribution in [1.82, 2.24) is 5.48 Å². The molecule has 2 rings (SSSR count). The van der Waals surface area contributed by atoms with Gasteiger partial charge in [0.15, 0.2) is 0 Å². The van der Waals surface area contributed by atoms with Crippen molar-refractivity contribution < 1.29 is 14.3 Å². The van der Waals surface area contributed by atoms with Crippen molar-refractivity contribution in [3.8, 4) is 11.5 Å². The summed E-state index contributed by atoms with van der Waals surface area (Å²) in [6.45, 7) is 2.55. The maximum Gasteiger partial charge on any atom is 0.119 e. The lowest BCUT2D eigenvalue weighted by Gasteiger charge is -2.13. The molecule has 0 radical (unpaired) electrons. The van der Waals surface area contributed by atoms with Gasteiger partial charge in [-0.3, -0.25) is 0 Å². The van der Waals surface area contributed by atoms with E-state index < -0.39 is 0 Å². The summed E-state index contributed by atoms with van der Waals surface area (Å²) >= 11 is 0. The molecule has 0 amide bonds. The number of rotatable bonds is 7. The lowest BCUT2D eigenvalue weighted by Crippen LogP contribution is -2.16. The summed E-state index contributed by atoms with van der Waals surface area (Å²) in [7, 11) is 3.27. The zero-order chi connectivity index (χ0) is 15.1. The van der Waals surface area contributed by atoms with Crippen LogP contribution in [0, 0.1) is 0 Å². The van der Waals surface area contributed by atoms with Gasteiger partial charge < -0.3 is 14.3 Å². The fourth-order valence-electron chi connectivity index (χ4n) is 2.03. The maximum absolute atomic E-state index is 5.78. The van der Waals surface area contributed by atoms with Crippen molar-refractivity contribution in [3.63, 3.8) is 0 Å². The van der Waals surface area contributed by atoms with E-state index in [1.165, 1.54) is 0 Å². The van der Waals surface area contributed by atoms with Crippen LogP contribution in [0.2, 0.25) is 0 Å². The van der Waals surface area contributed by atoms with E-state index >= 15 is 0 Å². The summed E-state index contributed by atoms with van der Waals surface area (Å²) < 4.78 is 11.0. The van der Waals surface area contributed by atoms with Gasteiger partial charge in [0.2, 0.25) is 0 Å². The molecule has 0 bridgehead atoms. The fourth-order valence-corrected chi connectivity index (χ4v) is 2.03. The van der Waals surface area contributed by atoms with Crippen LogP contribution >= 0.6 is 0 Å². The van der Waals surface area contributed by atoms with Crippen molar-refractivity contribution >= 4 is 0 Å². The molecule has 0 aliphatic rings. The van der Waals surface area contributed by atoms with Crippen LogP contribution in [-0.2, 0) is 11.4 Å². The van der Waals surface area contributed by atoms with E-state index in [1.54, 1.807) is 14.2 Å². The molecule has 2 aromatic carbocycles. The molecule has 1 atom stereocenters. The topological polar surface area (TPSA) is 39.7 Å². The Morgan fingerprint density at radius 3 is 2.43 bits per heavy atom. The third-order valence-electron chi connectivity index (χ3n) is 3.21. The van der Waals surface area contributed by atoms with Gasteiger partial charge in [-0.1, -0.05) is 24.3 Å². The summed E-state index contributed by atoms with van der Waals surface area (Å²) in [5.74, 6) is 1.68. The van der Waals surface area contributed by atoms with Gasteiger partial charge in [0.1, 0.15) is 18.1 Å². The average Bonchev–Trinajstić information content (AvgIpc) is 2.54. The Labute approximate surface area is 125 Å². The van der Waals surface area contributed by atoms with Crippen molar-refractivity contribution in [3.05, 3.63) is 59.7 Å². The molecule has 1 unspecified atom stereocenters. The molecule has 4 heteroatoms. The molecule has 0 aliphatic carbocycles. The highest BCUT2D eigenvalue weighted by Gasteiger charge is 2.04. The second-order valence-electron chi connectivity index (χ2n) is 4.75. The van der Waals surface area contributed by atoms with Crippen LogP contribution in [0.5, 0.6) is 11.5 Å². The normalized spacial score (nSPS) is 12.0. The number of hydrogen-bond acceptors (Lipinski definition) is 4.